The third-order valence-corrected chi connectivity index (χ3v) is 5.72. The highest BCUT2D eigenvalue weighted by Gasteiger charge is 2.37. The van der Waals surface area contributed by atoms with E-state index in [1.54, 1.807) is 26.1 Å². The molecule has 7 nitrogen and oxygen atoms in total. The van der Waals surface area contributed by atoms with Crippen LogP contribution in [0.1, 0.15) is 24.3 Å². The van der Waals surface area contributed by atoms with E-state index >= 15 is 0 Å². The summed E-state index contributed by atoms with van der Waals surface area (Å²) in [6, 6.07) is 7.89. The molecule has 2 atom stereocenters. The molecule has 2 heterocycles. The van der Waals surface area contributed by atoms with E-state index < -0.39 is 0 Å². The van der Waals surface area contributed by atoms with Gasteiger partial charge in [-0.1, -0.05) is 12.1 Å². The zero-order valence-electron chi connectivity index (χ0n) is 16.4. The molecule has 2 N–H and O–H groups in total. The van der Waals surface area contributed by atoms with Gasteiger partial charge in [-0.2, -0.15) is 0 Å². The first-order valence-corrected chi connectivity index (χ1v) is 9.55. The normalized spacial score (nSPS) is 23.4. The second kappa shape index (κ2) is 8.17. The number of hydrogen-bond acceptors (Lipinski definition) is 4. The topological polar surface area (TPSA) is 79.1 Å². The molecule has 1 aromatic carbocycles. The van der Waals surface area contributed by atoms with Gasteiger partial charge in [0, 0.05) is 58.2 Å². The molecular formula is C20H30N4O3. The molecule has 0 unspecified atom stereocenters. The van der Waals surface area contributed by atoms with Crippen LogP contribution in [0, 0.1) is 5.92 Å². The van der Waals surface area contributed by atoms with Crippen LogP contribution in [0.4, 0.5) is 4.79 Å². The maximum Gasteiger partial charge on any atom is 0.319 e. The number of carbonyl (C=O) groups is 2. The van der Waals surface area contributed by atoms with Gasteiger partial charge in [0.05, 0.1) is 7.11 Å². The summed E-state index contributed by atoms with van der Waals surface area (Å²) >= 11 is 0. The highest BCUT2D eigenvalue weighted by molar-refractivity contribution is 5.80. The average molecular weight is 374 g/mol. The molecule has 148 valence electrons. The number of hydrogen-bond donors (Lipinski definition) is 1. The number of ether oxygens (including phenoxy) is 1. The molecule has 2 aliphatic rings. The van der Waals surface area contributed by atoms with E-state index in [1.807, 2.05) is 34.1 Å². The van der Waals surface area contributed by atoms with Gasteiger partial charge in [-0.25, -0.2) is 4.79 Å². The van der Waals surface area contributed by atoms with Crippen molar-refractivity contribution in [1.29, 1.82) is 0 Å². The number of carbonyl (C=O) groups excluding carboxylic acids is 2. The molecule has 2 aliphatic heterocycles. The molecule has 27 heavy (non-hydrogen) atoms. The zero-order valence-corrected chi connectivity index (χ0v) is 16.4. The SMILES string of the molecule is COc1ccc([C@H]2CN(C(=O)C3CCN(C(=O)N(C)C)CC3)C[C@@H]2N)cc1. The molecule has 0 spiro atoms. The summed E-state index contributed by atoms with van der Waals surface area (Å²) in [7, 11) is 5.16. The van der Waals surface area contributed by atoms with E-state index in [0.29, 0.717) is 26.2 Å². The lowest BCUT2D eigenvalue weighted by Crippen LogP contribution is -2.47. The largest absolute Gasteiger partial charge is 0.497 e. The number of piperidine rings is 1. The molecule has 0 radical (unpaired) electrons. The second-order valence-corrected chi connectivity index (χ2v) is 7.73. The Labute approximate surface area is 161 Å². The lowest BCUT2D eigenvalue weighted by molar-refractivity contribution is -0.135. The summed E-state index contributed by atoms with van der Waals surface area (Å²) in [4.78, 5) is 30.3. The Morgan fingerprint density at radius 3 is 2.26 bits per heavy atom. The Balaban J connectivity index is 1.57. The van der Waals surface area contributed by atoms with Gasteiger partial charge < -0.3 is 25.2 Å². The fraction of sp³-hybridized carbons (Fsp3) is 0.600. The van der Waals surface area contributed by atoms with Crippen molar-refractivity contribution in [3.63, 3.8) is 0 Å². The van der Waals surface area contributed by atoms with Crippen molar-refractivity contribution in [1.82, 2.24) is 14.7 Å². The number of benzene rings is 1. The number of amides is 3. The van der Waals surface area contributed by atoms with Crippen LogP contribution in [-0.2, 0) is 4.79 Å². The predicted octanol–water partition coefficient (Wildman–Crippen LogP) is 1.34. The number of rotatable bonds is 3. The van der Waals surface area contributed by atoms with Gasteiger partial charge in [0.15, 0.2) is 0 Å². The van der Waals surface area contributed by atoms with E-state index in [2.05, 4.69) is 0 Å². The first kappa shape index (κ1) is 19.5. The summed E-state index contributed by atoms with van der Waals surface area (Å²) in [5, 5.41) is 0. The molecule has 3 rings (SSSR count). The van der Waals surface area contributed by atoms with E-state index in [0.717, 1.165) is 24.2 Å². The molecule has 1 aromatic rings. The van der Waals surface area contributed by atoms with Crippen molar-refractivity contribution < 1.29 is 14.3 Å². The van der Waals surface area contributed by atoms with Crippen molar-refractivity contribution in [2.24, 2.45) is 11.7 Å². The minimum Gasteiger partial charge on any atom is -0.497 e. The summed E-state index contributed by atoms with van der Waals surface area (Å²) < 4.78 is 5.21. The lowest BCUT2D eigenvalue weighted by atomic mass is 9.94. The van der Waals surface area contributed by atoms with Crippen molar-refractivity contribution in [2.45, 2.75) is 24.8 Å². The highest BCUT2D eigenvalue weighted by Crippen LogP contribution is 2.30. The fourth-order valence-electron chi connectivity index (χ4n) is 4.07. The molecule has 0 aliphatic carbocycles. The average Bonchev–Trinajstić information content (AvgIpc) is 3.08. The monoisotopic (exact) mass is 374 g/mol. The van der Waals surface area contributed by atoms with Crippen LogP contribution in [0.15, 0.2) is 24.3 Å². The fourth-order valence-corrected chi connectivity index (χ4v) is 4.07. The van der Waals surface area contributed by atoms with Crippen LogP contribution in [0.5, 0.6) is 5.75 Å². The third kappa shape index (κ3) is 4.18. The summed E-state index contributed by atoms with van der Waals surface area (Å²) in [5.74, 6) is 1.13. The predicted molar refractivity (Wildman–Crippen MR) is 104 cm³/mol. The molecule has 2 saturated heterocycles. The Bertz CT molecular complexity index is 668. The number of methoxy groups -OCH3 is 1. The summed E-state index contributed by atoms with van der Waals surface area (Å²) in [5.41, 5.74) is 7.49. The number of nitrogens with two attached hydrogens (primary N) is 1. The van der Waals surface area contributed by atoms with Crippen LogP contribution in [0.2, 0.25) is 0 Å². The van der Waals surface area contributed by atoms with Gasteiger partial charge in [0.2, 0.25) is 5.91 Å². The van der Waals surface area contributed by atoms with Gasteiger partial charge in [-0.15, -0.1) is 0 Å². The van der Waals surface area contributed by atoms with Gasteiger partial charge >= 0.3 is 6.03 Å². The molecule has 3 amide bonds. The Morgan fingerprint density at radius 2 is 1.70 bits per heavy atom. The maximum absolute atomic E-state index is 13.0. The Kier molecular flexibility index (Phi) is 5.89. The molecular weight excluding hydrogens is 344 g/mol. The third-order valence-electron chi connectivity index (χ3n) is 5.72. The highest BCUT2D eigenvalue weighted by atomic mass is 16.5. The number of nitrogens with zero attached hydrogens (tertiary/aromatic N) is 3. The second-order valence-electron chi connectivity index (χ2n) is 7.73. The summed E-state index contributed by atoms with van der Waals surface area (Å²) in [6.07, 6.45) is 1.44. The Morgan fingerprint density at radius 1 is 1.07 bits per heavy atom. The molecule has 7 heteroatoms. The standard InChI is InChI=1S/C20H30N4O3/c1-22(2)20(26)23-10-8-15(9-11-23)19(25)24-12-17(18(21)13-24)14-4-6-16(27-3)7-5-14/h4-7,15,17-18H,8-13,21H2,1-3H3/t17-,18+/m1/s1. The van der Waals surface area contributed by atoms with E-state index in [9.17, 15) is 9.59 Å². The minimum atomic E-state index is -0.0576. The van der Waals surface area contributed by atoms with Gasteiger partial charge in [0.1, 0.15) is 5.75 Å². The molecule has 0 bridgehead atoms. The quantitative estimate of drug-likeness (QED) is 0.866. The Hall–Kier alpha value is -2.28. The van der Waals surface area contributed by atoms with Crippen molar-refractivity contribution in [3.05, 3.63) is 29.8 Å². The summed E-state index contributed by atoms with van der Waals surface area (Å²) in [6.45, 7) is 2.51. The molecule has 2 fully saturated rings. The molecule has 0 saturated carbocycles. The van der Waals surface area contributed by atoms with E-state index in [1.165, 1.54) is 0 Å². The van der Waals surface area contributed by atoms with Crippen molar-refractivity contribution >= 4 is 11.9 Å². The van der Waals surface area contributed by atoms with Crippen LogP contribution in [0.25, 0.3) is 0 Å². The van der Waals surface area contributed by atoms with Crippen LogP contribution >= 0.6 is 0 Å². The van der Waals surface area contributed by atoms with Crippen LogP contribution in [-0.4, -0.2) is 80.1 Å². The minimum absolute atomic E-state index is 0.0157. The molecule has 0 aromatic heterocycles. The van der Waals surface area contributed by atoms with E-state index in [-0.39, 0.29) is 29.8 Å². The van der Waals surface area contributed by atoms with E-state index in [4.69, 9.17) is 10.5 Å². The lowest BCUT2D eigenvalue weighted by Gasteiger charge is -2.34. The van der Waals surface area contributed by atoms with Crippen molar-refractivity contribution in [2.75, 3.05) is 47.4 Å². The first-order valence-electron chi connectivity index (χ1n) is 9.55. The smallest absolute Gasteiger partial charge is 0.319 e. The van der Waals surface area contributed by atoms with Crippen LogP contribution in [0.3, 0.4) is 0 Å². The van der Waals surface area contributed by atoms with Crippen LogP contribution < -0.4 is 10.5 Å². The van der Waals surface area contributed by atoms with Crippen molar-refractivity contribution in [3.8, 4) is 5.75 Å². The zero-order chi connectivity index (χ0) is 19.6. The van der Waals surface area contributed by atoms with Gasteiger partial charge in [-0.05, 0) is 30.5 Å². The number of urea groups is 1. The first-order chi connectivity index (χ1) is 12.9. The van der Waals surface area contributed by atoms with Gasteiger partial charge in [-0.3, -0.25) is 4.79 Å². The van der Waals surface area contributed by atoms with Gasteiger partial charge in [0.25, 0.3) is 0 Å². The number of likely N-dealkylation sites (tertiary alicyclic amines) is 2. The maximum atomic E-state index is 13.0.